The molecule has 4 aliphatic rings. The predicted molar refractivity (Wildman–Crippen MR) is 566 cm³/mol. The molecule has 8 heterocycles. The highest BCUT2D eigenvalue weighted by atomic mass is 79.9. The maximum atomic E-state index is 13.4. The Labute approximate surface area is 889 Å². The van der Waals surface area contributed by atoms with Gasteiger partial charge in [0, 0.05) is 90.9 Å². The zero-order valence-electron chi connectivity index (χ0n) is 93.6. The number of unbranched alkanes of at least 4 members (excludes halogenated alkanes) is 8. The van der Waals surface area contributed by atoms with E-state index in [9.17, 15) is 28.8 Å². The van der Waals surface area contributed by atoms with Crippen LogP contribution in [0.15, 0.2) is 67.5 Å². The van der Waals surface area contributed by atoms with Crippen molar-refractivity contribution < 1.29 is 86.1 Å². The Hall–Kier alpha value is -11.9. The molecule has 148 heavy (non-hydrogen) atoms. The van der Waals surface area contributed by atoms with Crippen molar-refractivity contribution in [3.05, 3.63) is 101 Å². The molecule has 1 unspecified atom stereocenters. The minimum absolute atomic E-state index is 0. The number of hydrazine groups is 2. The van der Waals surface area contributed by atoms with Gasteiger partial charge in [-0.05, 0) is 107 Å². The van der Waals surface area contributed by atoms with Gasteiger partial charge < -0.3 is 74.2 Å². The lowest BCUT2D eigenvalue weighted by molar-refractivity contribution is -0.953. The topological polar surface area (TPSA) is 530 Å². The van der Waals surface area contributed by atoms with Crippen molar-refractivity contribution in [1.29, 1.82) is 0 Å². The Morgan fingerprint density at radius 1 is 0.372 bits per heavy atom. The lowest BCUT2D eigenvalue weighted by Crippen LogP contribution is -3.00. The predicted octanol–water partition coefficient (Wildman–Crippen LogP) is 4.90. The van der Waals surface area contributed by atoms with E-state index in [0.29, 0.717) is 196 Å². The van der Waals surface area contributed by atoms with Crippen LogP contribution in [0.1, 0.15) is 161 Å². The fourth-order valence-corrected chi connectivity index (χ4v) is 16.5. The summed E-state index contributed by atoms with van der Waals surface area (Å²) in [6.07, 6.45) is 41.8. The summed E-state index contributed by atoms with van der Waals surface area (Å²) < 4.78 is 13.8. The molecule has 4 aromatic rings. The largest absolute Gasteiger partial charge is 1.00 e. The first kappa shape index (κ1) is 130. The number of likely N-dealkylation sites (N-methyl/N-ethyl adjacent to an activating group) is 6. The van der Waals surface area contributed by atoms with Crippen LogP contribution < -0.4 is 49.3 Å². The molecule has 0 aromatic carbocycles. The van der Waals surface area contributed by atoms with Crippen LogP contribution in [0.4, 0.5) is 14.4 Å². The van der Waals surface area contributed by atoms with E-state index in [1.165, 1.54) is 79.0 Å². The normalized spacial score (nSPS) is 15.3. The number of quaternary nitrogens is 9. The average molecular weight is 2140 g/mol. The standard InChI is InChI=1S/C56H104N28O4.C17H21N3O2.C15H33N4.C5H13N4.C3H6N6.BrH/c1-55(2)51(85)77(53(87)59-55)24-18-29-83(32-21-58-66-57-20-31-79(5,6)7,42-47-38-74(69-62-47)26-33-80(8,9)10)41-46-36-72(67-61-46)22-17-23-73-37-48(63-68-73)43-84(30-19-25-78-52(86)56(3,4)60-54(78)88,44-49-39-75(70-64-49)27-34-81(11,12)13)45-50-40-76(71-65-50)28-35-82(14,15)16;1-6-11-20(12-7-2,13-8-3)14-9-10-19-15(21)17(4,5)18-16(19)22;1-4-5-6-7-8-9-10-11-12-14-19(2,3)15-13-17-18-16;1-9(2,3)5-4-7-8-6;4-8-6-2-1-3-7-9-5;/h36-40H,17-35,41-45H2,1-16H3,(H3-2,57,58,59,60,61,62,63,64,65,66,67,68,69,70,71,87,88);1-3H,9-14H2,4-5H3;4-15H2,1-3H3;4-5H2,1-3H3;1-3H2;1H/q+4;;2*+1;;/p+2. The van der Waals surface area contributed by atoms with Gasteiger partial charge in [-0.25, -0.2) is 28.4 Å². The fourth-order valence-electron chi connectivity index (χ4n) is 16.5. The third kappa shape index (κ3) is 51.8. The average Bonchev–Trinajstić information content (AvgIpc) is 1.66. The number of nitrogens with zero attached hydrogens (tertiary/aromatic N) is 39. The van der Waals surface area contributed by atoms with E-state index in [1.807, 2.05) is 48.5 Å². The molecule has 1 atom stereocenters. The Bertz CT molecular complexity index is 5010. The van der Waals surface area contributed by atoms with Crippen LogP contribution >= 0.6 is 0 Å². The van der Waals surface area contributed by atoms with Crippen LogP contribution in [0.5, 0.6) is 0 Å². The second kappa shape index (κ2) is 63.2. The van der Waals surface area contributed by atoms with Crippen LogP contribution in [-0.4, -0.2) is 456 Å². The zero-order valence-corrected chi connectivity index (χ0v) is 95.2. The number of azide groups is 4. The van der Waals surface area contributed by atoms with E-state index in [1.54, 1.807) is 41.5 Å². The van der Waals surface area contributed by atoms with Crippen molar-refractivity contribution in [2.75, 3.05) is 283 Å². The quantitative estimate of drug-likeness (QED) is 0.00500. The van der Waals surface area contributed by atoms with E-state index in [0.717, 1.165) is 101 Å². The zero-order chi connectivity index (χ0) is 110. The molecule has 3 fully saturated rings. The van der Waals surface area contributed by atoms with Crippen molar-refractivity contribution in [1.82, 2.24) is 112 Å². The Balaban J connectivity index is 0.000000748. The van der Waals surface area contributed by atoms with Gasteiger partial charge in [-0.1, -0.05) is 98.4 Å². The smallest absolute Gasteiger partial charge is 0.325 e. The molecule has 6 N–H and O–H groups in total. The van der Waals surface area contributed by atoms with Gasteiger partial charge in [-0.2, -0.15) is 5.11 Å². The maximum Gasteiger partial charge on any atom is 0.325 e. The van der Waals surface area contributed by atoms with Gasteiger partial charge in [0.15, 0.2) is 0 Å². The van der Waals surface area contributed by atoms with Gasteiger partial charge in [0.1, 0.15) is 105 Å². The summed E-state index contributed by atoms with van der Waals surface area (Å²) in [7, 11) is 36.4. The first-order valence-corrected chi connectivity index (χ1v) is 51.3. The summed E-state index contributed by atoms with van der Waals surface area (Å²) in [6, 6.07) is -1.13. The number of carbonyl (C=O) groups excluding carboxylic acids is 6. The van der Waals surface area contributed by atoms with Gasteiger partial charge in [-0.3, -0.25) is 48.7 Å². The molecule has 9 amide bonds. The SMILES string of the molecule is C#CC[N+](CC#C)(CC#C)CCCN1C(=O)NC(C)(C)C1=O.CC1(C)NC(=O)N(CCC[N+](CCN=NNCC[N+](C)(C)C)(Cc2cn(CCCN3C=C(C[N+](CCCN4C(=O)NC(C)(C)C4=O)(Cc4cn(CC[N+](C)(C)C)nn4)Cc4cn(CC[N+](C)(C)C)nn4)NN3)nn2)Cc2cn(CC[N+](C)(C)C)nn2)C1=O.CCCCCCCCCCC[N+](C)(C)CCN=[N+]=[N-].C[N+](C)(C)CCN=[N+]=[N-].[Br-].[N-]=[N+]=NCCCN=[N+]=[N-]. The number of aromatic nitrogens is 12. The first-order valence-electron chi connectivity index (χ1n) is 51.3. The van der Waals surface area contributed by atoms with Crippen molar-refractivity contribution >= 4 is 35.8 Å². The number of aryl methyl sites for hydroxylation is 1. The van der Waals surface area contributed by atoms with E-state index in [4.69, 9.17) is 56.7 Å². The molecule has 52 heteroatoms. The molecule has 824 valence electrons. The van der Waals surface area contributed by atoms with E-state index in [2.05, 4.69) is 259 Å². The Morgan fingerprint density at radius 3 is 1.07 bits per heavy atom. The number of amides is 9. The van der Waals surface area contributed by atoms with Crippen LogP contribution in [0.2, 0.25) is 0 Å². The lowest BCUT2D eigenvalue weighted by atomic mass is 10.1. The second-order valence-electron chi connectivity index (χ2n) is 46.0. The number of halogens is 1. The molecule has 0 bridgehead atoms. The highest BCUT2D eigenvalue weighted by Crippen LogP contribution is 2.28. The van der Waals surface area contributed by atoms with Gasteiger partial charge in [-0.15, -0.1) is 45.2 Å². The van der Waals surface area contributed by atoms with Gasteiger partial charge in [0.2, 0.25) is 0 Å². The molecule has 4 aromatic heterocycles. The fraction of sp³-hybridized carbons (Fsp3) is 0.771. The summed E-state index contributed by atoms with van der Waals surface area (Å²) >= 11 is 0. The Kier molecular flexibility index (Phi) is 55.6. The van der Waals surface area contributed by atoms with E-state index in [-0.39, 0.29) is 65.9 Å². The molecule has 0 saturated carbocycles. The number of imide groups is 3. The minimum Gasteiger partial charge on any atom is -1.00 e. The number of urea groups is 3. The molecule has 51 nitrogen and oxygen atoms in total. The summed E-state index contributed by atoms with van der Waals surface area (Å²) in [5.41, 5.74) is 43.1. The molecular weight excluding hydrogens is 1960 g/mol. The number of hydrogen-bond donors (Lipinski definition) is 6. The maximum absolute atomic E-state index is 13.4. The minimum atomic E-state index is -0.975. The molecule has 3 saturated heterocycles. The van der Waals surface area contributed by atoms with Crippen LogP contribution in [0, 0.1) is 37.0 Å². The van der Waals surface area contributed by atoms with E-state index < -0.39 is 16.6 Å². The van der Waals surface area contributed by atoms with Crippen molar-refractivity contribution in [2.24, 2.45) is 30.8 Å². The molecule has 0 aliphatic carbocycles. The number of rotatable bonds is 65. The van der Waals surface area contributed by atoms with Gasteiger partial charge >= 0.3 is 18.1 Å². The summed E-state index contributed by atoms with van der Waals surface area (Å²) in [5.74, 6) is 7.12. The summed E-state index contributed by atoms with van der Waals surface area (Å²) in [5, 5.41) is 69.9. The second-order valence-corrected chi connectivity index (χ2v) is 46.0. The lowest BCUT2D eigenvalue weighted by Gasteiger charge is -2.38. The third-order valence-corrected chi connectivity index (χ3v) is 25.0. The molecule has 8 rings (SSSR count). The summed E-state index contributed by atoms with van der Waals surface area (Å²) in [6.45, 7) is 32.4. The van der Waals surface area contributed by atoms with E-state index >= 15 is 0 Å². The van der Waals surface area contributed by atoms with Crippen molar-refractivity contribution in [3.63, 3.8) is 0 Å². The Morgan fingerprint density at radius 2 is 0.716 bits per heavy atom. The molecule has 4 aliphatic heterocycles. The van der Waals surface area contributed by atoms with Crippen molar-refractivity contribution in [3.8, 4) is 37.0 Å². The van der Waals surface area contributed by atoms with Crippen LogP contribution in [-0.2, 0) is 66.7 Å². The monoisotopic (exact) mass is 2140 g/mol. The van der Waals surface area contributed by atoms with Crippen LogP contribution in [0.25, 0.3) is 41.8 Å². The number of nitrogens with one attached hydrogen (secondary N) is 6. The van der Waals surface area contributed by atoms with Gasteiger partial charge in [0.25, 0.3) is 17.7 Å². The molecule has 0 radical (unpaired) electrons. The first-order chi connectivity index (χ1) is 69.0. The summed E-state index contributed by atoms with van der Waals surface area (Å²) in [4.78, 5) is 91.2. The highest BCUT2D eigenvalue weighted by molar-refractivity contribution is 6.07. The number of terminal acetylenes is 3. The van der Waals surface area contributed by atoms with Gasteiger partial charge in [0.05, 0.1) is 255 Å². The third-order valence-electron chi connectivity index (χ3n) is 25.0. The van der Waals surface area contributed by atoms with Crippen molar-refractivity contribution in [2.45, 2.75) is 207 Å². The number of carbonyl (C=O) groups is 6. The molecule has 0 spiro atoms. The highest BCUT2D eigenvalue weighted by Gasteiger charge is 2.48. The van der Waals surface area contributed by atoms with Crippen LogP contribution in [0.3, 0.4) is 0 Å². The number of hydrogen-bond acceptors (Lipinski definition) is 23. The molecular formula is C96H180BrN45O6+8.